The van der Waals surface area contributed by atoms with Gasteiger partial charge in [0.15, 0.2) is 0 Å². The van der Waals surface area contributed by atoms with Crippen molar-refractivity contribution < 1.29 is 4.79 Å². The van der Waals surface area contributed by atoms with Crippen LogP contribution in [0.4, 0.5) is 17.1 Å². The number of nitrogen functional groups attached to an aromatic ring is 1. The molecular formula is C17H20N4O. The minimum absolute atomic E-state index is 0.0658. The van der Waals surface area contributed by atoms with E-state index < -0.39 is 0 Å². The third-order valence-corrected chi connectivity index (χ3v) is 3.81. The lowest BCUT2D eigenvalue weighted by Gasteiger charge is -2.21. The van der Waals surface area contributed by atoms with Gasteiger partial charge in [-0.2, -0.15) is 0 Å². The summed E-state index contributed by atoms with van der Waals surface area (Å²) in [6, 6.07) is 11.5. The van der Waals surface area contributed by atoms with Gasteiger partial charge in [-0.05, 0) is 37.1 Å². The molecule has 1 aliphatic heterocycles. The first kappa shape index (κ1) is 14.4. The molecule has 1 aliphatic rings. The van der Waals surface area contributed by atoms with Gasteiger partial charge in [0.25, 0.3) is 0 Å². The van der Waals surface area contributed by atoms with E-state index in [-0.39, 0.29) is 12.3 Å². The molecule has 3 rings (SSSR count). The Bertz CT molecular complexity index is 648. The number of benzene rings is 1. The number of para-hydroxylation sites is 2. The number of nitrogens with zero attached hydrogens (tertiary/aromatic N) is 2. The van der Waals surface area contributed by atoms with Gasteiger partial charge in [0.1, 0.15) is 0 Å². The molecule has 0 radical (unpaired) electrons. The molecule has 2 aromatic rings. The second-order valence-electron chi connectivity index (χ2n) is 5.52. The average molecular weight is 296 g/mol. The third-order valence-electron chi connectivity index (χ3n) is 3.81. The summed E-state index contributed by atoms with van der Waals surface area (Å²) < 4.78 is 0. The molecule has 5 heteroatoms. The standard InChI is InChI=1S/C17H20N4O/c18-13-7-8-14(19-12-13)11-17(22)20-15-5-1-2-6-16(15)21-9-3-4-10-21/h1-2,5-8,12H,3-4,9-11,18H2,(H,20,22). The highest BCUT2D eigenvalue weighted by atomic mass is 16.1. The molecular weight excluding hydrogens is 276 g/mol. The molecule has 1 amide bonds. The molecule has 0 unspecified atom stereocenters. The number of rotatable bonds is 4. The SMILES string of the molecule is Nc1ccc(CC(=O)Nc2ccccc2N2CCCC2)nc1. The number of nitrogens with one attached hydrogen (secondary N) is 1. The zero-order chi connectivity index (χ0) is 15.4. The van der Waals surface area contributed by atoms with Crippen LogP contribution in [0.15, 0.2) is 42.6 Å². The lowest BCUT2D eigenvalue weighted by Crippen LogP contribution is -2.22. The van der Waals surface area contributed by atoms with Crippen LogP contribution in [0.3, 0.4) is 0 Å². The molecule has 2 heterocycles. The summed E-state index contributed by atoms with van der Waals surface area (Å²) in [5.41, 5.74) is 8.88. The van der Waals surface area contributed by atoms with Crippen molar-refractivity contribution >= 4 is 23.0 Å². The zero-order valence-corrected chi connectivity index (χ0v) is 12.5. The largest absolute Gasteiger partial charge is 0.397 e. The Morgan fingerprint density at radius 2 is 1.95 bits per heavy atom. The average Bonchev–Trinajstić information content (AvgIpc) is 3.04. The summed E-state index contributed by atoms with van der Waals surface area (Å²) in [6.07, 6.45) is 4.23. The van der Waals surface area contributed by atoms with Crippen molar-refractivity contribution in [3.63, 3.8) is 0 Å². The highest BCUT2D eigenvalue weighted by Gasteiger charge is 2.16. The van der Waals surface area contributed by atoms with Crippen molar-refractivity contribution in [2.75, 3.05) is 29.0 Å². The van der Waals surface area contributed by atoms with Gasteiger partial charge < -0.3 is 16.0 Å². The zero-order valence-electron chi connectivity index (χ0n) is 12.5. The first-order valence-electron chi connectivity index (χ1n) is 7.56. The van der Waals surface area contributed by atoms with Crippen LogP contribution in [0, 0.1) is 0 Å². The van der Waals surface area contributed by atoms with E-state index >= 15 is 0 Å². The number of anilines is 3. The van der Waals surface area contributed by atoms with Gasteiger partial charge in [-0.25, -0.2) is 0 Å². The number of aromatic nitrogens is 1. The molecule has 0 bridgehead atoms. The van der Waals surface area contributed by atoms with Gasteiger partial charge in [-0.3, -0.25) is 9.78 Å². The van der Waals surface area contributed by atoms with E-state index in [9.17, 15) is 4.79 Å². The van der Waals surface area contributed by atoms with Gasteiger partial charge in [-0.15, -0.1) is 0 Å². The maximum Gasteiger partial charge on any atom is 0.230 e. The van der Waals surface area contributed by atoms with Crippen molar-refractivity contribution in [2.45, 2.75) is 19.3 Å². The monoisotopic (exact) mass is 296 g/mol. The predicted octanol–water partition coefficient (Wildman–Crippen LogP) is 2.45. The van der Waals surface area contributed by atoms with E-state index in [1.807, 2.05) is 18.2 Å². The fourth-order valence-corrected chi connectivity index (χ4v) is 2.71. The lowest BCUT2D eigenvalue weighted by molar-refractivity contribution is -0.115. The maximum atomic E-state index is 12.2. The molecule has 114 valence electrons. The van der Waals surface area contributed by atoms with Crippen molar-refractivity contribution in [3.8, 4) is 0 Å². The molecule has 3 N–H and O–H groups in total. The lowest BCUT2D eigenvalue weighted by atomic mass is 10.2. The minimum atomic E-state index is -0.0658. The number of pyridine rings is 1. The Kier molecular flexibility index (Phi) is 4.23. The highest BCUT2D eigenvalue weighted by molar-refractivity contribution is 5.95. The first-order valence-corrected chi connectivity index (χ1v) is 7.56. The van der Waals surface area contributed by atoms with Crippen LogP contribution in [0.25, 0.3) is 0 Å². The van der Waals surface area contributed by atoms with Crippen molar-refractivity contribution in [2.24, 2.45) is 0 Å². The van der Waals surface area contributed by atoms with E-state index in [1.54, 1.807) is 18.3 Å². The van der Waals surface area contributed by atoms with Gasteiger partial charge in [0.05, 0.1) is 29.7 Å². The Morgan fingerprint density at radius 1 is 1.18 bits per heavy atom. The second-order valence-corrected chi connectivity index (χ2v) is 5.52. The van der Waals surface area contributed by atoms with E-state index in [2.05, 4.69) is 21.3 Å². The summed E-state index contributed by atoms with van der Waals surface area (Å²) in [5, 5.41) is 3.00. The molecule has 0 spiro atoms. The maximum absolute atomic E-state index is 12.2. The Balaban J connectivity index is 1.69. The summed E-state index contributed by atoms with van der Waals surface area (Å²) >= 11 is 0. The number of amides is 1. The predicted molar refractivity (Wildman–Crippen MR) is 88.9 cm³/mol. The molecule has 0 aliphatic carbocycles. The van der Waals surface area contributed by atoms with Crippen molar-refractivity contribution in [1.82, 2.24) is 4.98 Å². The molecule has 0 saturated carbocycles. The molecule has 22 heavy (non-hydrogen) atoms. The van der Waals surface area contributed by atoms with Crippen molar-refractivity contribution in [3.05, 3.63) is 48.3 Å². The number of hydrogen-bond acceptors (Lipinski definition) is 4. The summed E-state index contributed by atoms with van der Waals surface area (Å²) in [5.74, 6) is -0.0658. The third kappa shape index (κ3) is 3.36. The quantitative estimate of drug-likeness (QED) is 0.909. The van der Waals surface area contributed by atoms with E-state index in [0.29, 0.717) is 11.4 Å². The number of nitrogens with two attached hydrogens (primary N) is 1. The highest BCUT2D eigenvalue weighted by Crippen LogP contribution is 2.28. The molecule has 1 fully saturated rings. The smallest absolute Gasteiger partial charge is 0.230 e. The number of carbonyl (C=O) groups excluding carboxylic acids is 1. The van der Waals surface area contributed by atoms with Crippen LogP contribution >= 0.6 is 0 Å². The Labute approximate surface area is 130 Å². The molecule has 1 saturated heterocycles. The number of hydrogen-bond donors (Lipinski definition) is 2. The molecule has 1 aromatic carbocycles. The minimum Gasteiger partial charge on any atom is -0.397 e. The van der Waals surface area contributed by atoms with Crippen LogP contribution in [0.2, 0.25) is 0 Å². The van der Waals surface area contributed by atoms with Gasteiger partial charge in [-0.1, -0.05) is 12.1 Å². The Morgan fingerprint density at radius 3 is 2.68 bits per heavy atom. The van der Waals surface area contributed by atoms with Crippen LogP contribution in [0.5, 0.6) is 0 Å². The first-order chi connectivity index (χ1) is 10.7. The van der Waals surface area contributed by atoms with Crippen molar-refractivity contribution in [1.29, 1.82) is 0 Å². The van der Waals surface area contributed by atoms with Crippen LogP contribution in [-0.4, -0.2) is 24.0 Å². The summed E-state index contributed by atoms with van der Waals surface area (Å²) in [7, 11) is 0. The van der Waals surface area contributed by atoms with Crippen LogP contribution in [0.1, 0.15) is 18.5 Å². The van der Waals surface area contributed by atoms with Crippen LogP contribution < -0.4 is 16.0 Å². The van der Waals surface area contributed by atoms with Gasteiger partial charge in [0.2, 0.25) is 5.91 Å². The normalized spacial score (nSPS) is 14.1. The molecule has 1 aromatic heterocycles. The van der Waals surface area contributed by atoms with Gasteiger partial charge in [0, 0.05) is 18.8 Å². The topological polar surface area (TPSA) is 71.2 Å². The molecule has 0 atom stereocenters. The summed E-state index contributed by atoms with van der Waals surface area (Å²) in [6.45, 7) is 2.10. The van der Waals surface area contributed by atoms with E-state index in [0.717, 1.165) is 24.5 Å². The Hall–Kier alpha value is -2.56. The van der Waals surface area contributed by atoms with Crippen LogP contribution in [-0.2, 0) is 11.2 Å². The molecule has 5 nitrogen and oxygen atoms in total. The van der Waals surface area contributed by atoms with Gasteiger partial charge >= 0.3 is 0 Å². The number of carbonyl (C=O) groups is 1. The second kappa shape index (κ2) is 6.47. The van der Waals surface area contributed by atoms with E-state index in [4.69, 9.17) is 5.73 Å². The fourth-order valence-electron chi connectivity index (χ4n) is 2.71. The summed E-state index contributed by atoms with van der Waals surface area (Å²) in [4.78, 5) is 18.7. The fraction of sp³-hybridized carbons (Fsp3) is 0.294. The van der Waals surface area contributed by atoms with E-state index in [1.165, 1.54) is 12.8 Å².